The van der Waals surface area contributed by atoms with Gasteiger partial charge >= 0.3 is 0 Å². The molecular formula is C17H18FNO3. The van der Waals surface area contributed by atoms with E-state index < -0.39 is 0 Å². The van der Waals surface area contributed by atoms with E-state index in [9.17, 15) is 9.18 Å². The molecule has 116 valence electrons. The van der Waals surface area contributed by atoms with Gasteiger partial charge in [0.15, 0.2) is 0 Å². The normalized spacial score (nSPS) is 10.3. The highest BCUT2D eigenvalue weighted by atomic mass is 19.1. The maximum Gasteiger partial charge on any atom is 0.255 e. The van der Waals surface area contributed by atoms with Crippen molar-refractivity contribution in [3.8, 4) is 5.75 Å². The lowest BCUT2D eigenvalue weighted by molar-refractivity contribution is 0.102. The number of benzene rings is 2. The van der Waals surface area contributed by atoms with Crippen LogP contribution in [0, 0.1) is 5.82 Å². The Kier molecular flexibility index (Phi) is 5.91. The third kappa shape index (κ3) is 4.86. The van der Waals surface area contributed by atoms with Gasteiger partial charge in [0.1, 0.15) is 18.2 Å². The molecule has 0 atom stereocenters. The predicted octanol–water partition coefficient (Wildman–Crippen LogP) is 3.49. The summed E-state index contributed by atoms with van der Waals surface area (Å²) >= 11 is 0. The lowest BCUT2D eigenvalue weighted by Gasteiger charge is -2.09. The Labute approximate surface area is 128 Å². The van der Waals surface area contributed by atoms with Crippen molar-refractivity contribution in [1.82, 2.24) is 0 Å². The molecule has 4 nitrogen and oxygen atoms in total. The molecule has 0 bridgehead atoms. The largest absolute Gasteiger partial charge is 0.491 e. The second-order valence-corrected chi connectivity index (χ2v) is 4.53. The molecule has 0 aromatic heterocycles. The Hall–Kier alpha value is -2.40. The van der Waals surface area contributed by atoms with Crippen molar-refractivity contribution < 1.29 is 18.7 Å². The Morgan fingerprint density at radius 1 is 1.14 bits per heavy atom. The summed E-state index contributed by atoms with van der Waals surface area (Å²) in [6, 6.07) is 12.5. The number of nitrogens with one attached hydrogen (secondary N) is 1. The van der Waals surface area contributed by atoms with Gasteiger partial charge in [0.05, 0.1) is 6.61 Å². The van der Waals surface area contributed by atoms with Crippen molar-refractivity contribution in [1.29, 1.82) is 0 Å². The number of amides is 1. The summed E-state index contributed by atoms with van der Waals surface area (Å²) in [6.45, 7) is 3.49. The summed E-state index contributed by atoms with van der Waals surface area (Å²) < 4.78 is 23.5. The van der Waals surface area contributed by atoms with Crippen molar-refractivity contribution in [3.05, 3.63) is 59.9 Å². The highest BCUT2D eigenvalue weighted by molar-refractivity contribution is 6.04. The van der Waals surface area contributed by atoms with Gasteiger partial charge in [0.2, 0.25) is 0 Å². The number of hydrogen-bond acceptors (Lipinski definition) is 3. The topological polar surface area (TPSA) is 47.6 Å². The maximum absolute atomic E-state index is 12.8. The second kappa shape index (κ2) is 8.14. The first-order valence-electron chi connectivity index (χ1n) is 7.06. The van der Waals surface area contributed by atoms with Gasteiger partial charge in [-0.2, -0.15) is 0 Å². The van der Waals surface area contributed by atoms with Crippen LogP contribution in [-0.2, 0) is 4.74 Å². The van der Waals surface area contributed by atoms with Crippen molar-refractivity contribution >= 4 is 11.6 Å². The molecule has 0 unspecified atom stereocenters. The first-order chi connectivity index (χ1) is 10.7. The molecule has 2 aromatic rings. The molecular weight excluding hydrogens is 285 g/mol. The molecule has 2 aromatic carbocycles. The minimum Gasteiger partial charge on any atom is -0.491 e. The van der Waals surface area contributed by atoms with Crippen molar-refractivity contribution in [2.75, 3.05) is 25.1 Å². The number of carbonyl (C=O) groups is 1. The Balaban J connectivity index is 1.96. The Bertz CT molecular complexity index is 614. The quantitative estimate of drug-likeness (QED) is 0.796. The molecule has 1 N–H and O–H groups in total. The van der Waals surface area contributed by atoms with Crippen LogP contribution in [0.5, 0.6) is 5.75 Å². The van der Waals surface area contributed by atoms with E-state index in [1.807, 2.05) is 6.92 Å². The Morgan fingerprint density at radius 3 is 2.64 bits per heavy atom. The van der Waals surface area contributed by atoms with Gasteiger partial charge in [-0.1, -0.05) is 6.07 Å². The standard InChI is InChI=1S/C17H18FNO3/c1-2-21-10-11-22-16-5-3-4-13(12-16)17(20)19-15-8-6-14(18)7-9-15/h3-9,12H,2,10-11H2,1H3,(H,19,20). The highest BCUT2D eigenvalue weighted by Gasteiger charge is 2.07. The van der Waals surface area contributed by atoms with Gasteiger partial charge in [-0.05, 0) is 49.4 Å². The van der Waals surface area contributed by atoms with Crippen LogP contribution in [-0.4, -0.2) is 25.7 Å². The zero-order chi connectivity index (χ0) is 15.8. The molecule has 0 radical (unpaired) electrons. The van der Waals surface area contributed by atoms with E-state index in [1.165, 1.54) is 24.3 Å². The minimum atomic E-state index is -0.345. The third-order valence-electron chi connectivity index (χ3n) is 2.90. The second-order valence-electron chi connectivity index (χ2n) is 4.53. The molecule has 22 heavy (non-hydrogen) atoms. The number of anilines is 1. The van der Waals surface area contributed by atoms with Gasteiger partial charge in [-0.15, -0.1) is 0 Å². The molecule has 0 fully saturated rings. The predicted molar refractivity (Wildman–Crippen MR) is 82.8 cm³/mol. The van der Waals surface area contributed by atoms with Gasteiger partial charge in [-0.3, -0.25) is 4.79 Å². The fourth-order valence-electron chi connectivity index (χ4n) is 1.83. The first kappa shape index (κ1) is 16.0. The van der Waals surface area contributed by atoms with Crippen LogP contribution < -0.4 is 10.1 Å². The van der Waals surface area contributed by atoms with Gasteiger partial charge in [-0.25, -0.2) is 4.39 Å². The van der Waals surface area contributed by atoms with E-state index >= 15 is 0 Å². The van der Waals surface area contributed by atoms with Gasteiger partial charge in [0, 0.05) is 17.9 Å². The van der Waals surface area contributed by atoms with Crippen LogP contribution in [0.25, 0.3) is 0 Å². The highest BCUT2D eigenvalue weighted by Crippen LogP contribution is 2.15. The zero-order valence-corrected chi connectivity index (χ0v) is 12.3. The number of halogens is 1. The monoisotopic (exact) mass is 303 g/mol. The SMILES string of the molecule is CCOCCOc1cccc(C(=O)Nc2ccc(F)cc2)c1. The van der Waals surface area contributed by atoms with Gasteiger partial charge in [0.25, 0.3) is 5.91 Å². The van der Waals surface area contributed by atoms with E-state index in [-0.39, 0.29) is 11.7 Å². The Morgan fingerprint density at radius 2 is 1.91 bits per heavy atom. The van der Waals surface area contributed by atoms with E-state index in [0.717, 1.165) is 0 Å². The number of rotatable bonds is 7. The average molecular weight is 303 g/mol. The fraction of sp³-hybridized carbons (Fsp3) is 0.235. The number of carbonyl (C=O) groups excluding carboxylic acids is 1. The molecule has 0 aliphatic heterocycles. The van der Waals surface area contributed by atoms with Crippen LogP contribution in [0.4, 0.5) is 10.1 Å². The van der Waals surface area contributed by atoms with E-state index in [2.05, 4.69) is 5.32 Å². The van der Waals surface area contributed by atoms with Crippen molar-refractivity contribution in [3.63, 3.8) is 0 Å². The zero-order valence-electron chi connectivity index (χ0n) is 12.3. The summed E-state index contributed by atoms with van der Waals surface area (Å²) in [5.41, 5.74) is 1.01. The fourth-order valence-corrected chi connectivity index (χ4v) is 1.83. The van der Waals surface area contributed by atoms with E-state index in [1.54, 1.807) is 24.3 Å². The van der Waals surface area contributed by atoms with E-state index in [4.69, 9.17) is 9.47 Å². The number of hydrogen-bond donors (Lipinski definition) is 1. The molecule has 0 heterocycles. The molecule has 5 heteroatoms. The van der Waals surface area contributed by atoms with Crippen LogP contribution in [0.3, 0.4) is 0 Å². The van der Waals surface area contributed by atoms with Crippen LogP contribution >= 0.6 is 0 Å². The van der Waals surface area contributed by atoms with Crippen molar-refractivity contribution in [2.45, 2.75) is 6.92 Å². The first-order valence-corrected chi connectivity index (χ1v) is 7.06. The van der Waals surface area contributed by atoms with Crippen LogP contribution in [0.1, 0.15) is 17.3 Å². The van der Waals surface area contributed by atoms with Crippen LogP contribution in [0.2, 0.25) is 0 Å². The van der Waals surface area contributed by atoms with E-state index in [0.29, 0.717) is 36.8 Å². The lowest BCUT2D eigenvalue weighted by Crippen LogP contribution is -2.12. The maximum atomic E-state index is 12.8. The molecule has 2 rings (SSSR count). The molecule has 0 saturated heterocycles. The molecule has 0 spiro atoms. The minimum absolute atomic E-state index is 0.276. The summed E-state index contributed by atoms with van der Waals surface area (Å²) in [6.07, 6.45) is 0. The average Bonchev–Trinajstić information content (AvgIpc) is 2.54. The van der Waals surface area contributed by atoms with Crippen LogP contribution in [0.15, 0.2) is 48.5 Å². The summed E-state index contributed by atoms with van der Waals surface area (Å²) in [5, 5.41) is 2.70. The summed E-state index contributed by atoms with van der Waals surface area (Å²) in [7, 11) is 0. The summed E-state index contributed by atoms with van der Waals surface area (Å²) in [5.74, 6) is -0.0176. The smallest absolute Gasteiger partial charge is 0.255 e. The molecule has 0 aliphatic rings. The van der Waals surface area contributed by atoms with Crippen molar-refractivity contribution in [2.24, 2.45) is 0 Å². The molecule has 0 saturated carbocycles. The lowest BCUT2D eigenvalue weighted by atomic mass is 10.2. The molecule has 0 aliphatic carbocycles. The summed E-state index contributed by atoms with van der Waals surface area (Å²) in [4.78, 5) is 12.1. The van der Waals surface area contributed by atoms with Gasteiger partial charge < -0.3 is 14.8 Å². The number of ether oxygens (including phenoxy) is 2. The molecule has 1 amide bonds. The third-order valence-corrected chi connectivity index (χ3v) is 2.90.